The van der Waals surface area contributed by atoms with E-state index in [4.69, 9.17) is 21.1 Å². The van der Waals surface area contributed by atoms with Crippen LogP contribution in [0.25, 0.3) is 21.9 Å². The van der Waals surface area contributed by atoms with Crippen LogP contribution in [-0.2, 0) is 16.0 Å². The summed E-state index contributed by atoms with van der Waals surface area (Å²) in [4.78, 5) is 49.9. The minimum Gasteiger partial charge on any atom is -0.465 e. The molecule has 4 rings (SSSR count). The van der Waals surface area contributed by atoms with Crippen LogP contribution < -0.4 is 5.56 Å². The topological polar surface area (TPSA) is 91.7 Å². The maximum atomic E-state index is 13.6. The molecular formula is C27H20ClNO6. The predicted octanol–water partition coefficient (Wildman–Crippen LogP) is 4.76. The molecule has 0 fully saturated rings. The Labute approximate surface area is 205 Å². The van der Waals surface area contributed by atoms with Crippen LogP contribution in [0.1, 0.15) is 36.8 Å². The number of rotatable bonds is 6. The van der Waals surface area contributed by atoms with Gasteiger partial charge in [-0.15, -0.1) is 0 Å². The van der Waals surface area contributed by atoms with Gasteiger partial charge in [-0.2, -0.15) is 0 Å². The molecule has 0 aliphatic carbocycles. The normalized spacial score (nSPS) is 10.7. The Morgan fingerprint density at radius 3 is 2.29 bits per heavy atom. The number of esters is 2. The zero-order valence-electron chi connectivity index (χ0n) is 18.9. The van der Waals surface area contributed by atoms with E-state index in [1.54, 1.807) is 66.7 Å². The van der Waals surface area contributed by atoms with E-state index in [0.29, 0.717) is 49.9 Å². The molecule has 35 heavy (non-hydrogen) atoms. The van der Waals surface area contributed by atoms with Gasteiger partial charge in [-0.25, -0.2) is 9.59 Å². The maximum Gasteiger partial charge on any atom is 0.355 e. The van der Waals surface area contributed by atoms with Gasteiger partial charge in [0, 0.05) is 21.5 Å². The molecule has 7 nitrogen and oxygen atoms in total. The van der Waals surface area contributed by atoms with Crippen LogP contribution in [0.2, 0.25) is 5.02 Å². The van der Waals surface area contributed by atoms with Crippen LogP contribution in [0, 0.1) is 0 Å². The fraction of sp³-hybridized carbons (Fsp3) is 0.111. The summed E-state index contributed by atoms with van der Waals surface area (Å²) in [5.41, 5.74) is 2.02. The van der Waals surface area contributed by atoms with Gasteiger partial charge < -0.3 is 9.47 Å². The number of methoxy groups -OCH3 is 2. The van der Waals surface area contributed by atoms with E-state index in [1.807, 2.05) is 0 Å². The first-order valence-electron chi connectivity index (χ1n) is 10.5. The average Bonchev–Trinajstić information content (AvgIpc) is 2.89. The molecule has 0 aliphatic heterocycles. The van der Waals surface area contributed by atoms with Crippen molar-refractivity contribution in [1.29, 1.82) is 0 Å². The van der Waals surface area contributed by atoms with Crippen LogP contribution in [0.15, 0.2) is 71.5 Å². The van der Waals surface area contributed by atoms with Gasteiger partial charge in [0.25, 0.3) is 5.56 Å². The molecule has 8 heteroatoms. The Bertz CT molecular complexity index is 1520. The molecule has 0 N–H and O–H groups in total. The third-order valence-corrected chi connectivity index (χ3v) is 5.87. The second kappa shape index (κ2) is 9.95. The molecule has 0 saturated carbocycles. The molecule has 0 unspecified atom stereocenters. The van der Waals surface area contributed by atoms with Crippen molar-refractivity contribution in [3.63, 3.8) is 0 Å². The highest BCUT2D eigenvalue weighted by molar-refractivity contribution is 6.31. The van der Waals surface area contributed by atoms with Gasteiger partial charge in [0.05, 0.1) is 26.3 Å². The molecule has 3 aromatic carbocycles. The Hall–Kier alpha value is -4.23. The number of hydrogen-bond donors (Lipinski definition) is 0. The van der Waals surface area contributed by atoms with Crippen molar-refractivity contribution in [1.82, 2.24) is 4.57 Å². The number of halogens is 1. The fourth-order valence-electron chi connectivity index (χ4n) is 3.99. The lowest BCUT2D eigenvalue weighted by Gasteiger charge is -2.19. The monoisotopic (exact) mass is 489 g/mol. The summed E-state index contributed by atoms with van der Waals surface area (Å²) in [6.07, 6.45) is 0.704. The lowest BCUT2D eigenvalue weighted by Crippen LogP contribution is -2.28. The minimum atomic E-state index is -0.721. The highest BCUT2D eigenvalue weighted by atomic mass is 35.5. The van der Waals surface area contributed by atoms with Crippen LogP contribution in [0.4, 0.5) is 0 Å². The van der Waals surface area contributed by atoms with Gasteiger partial charge in [-0.3, -0.25) is 14.2 Å². The number of carbonyl (C=O) groups is 3. The van der Waals surface area contributed by atoms with Crippen LogP contribution >= 0.6 is 11.6 Å². The Kier molecular flexibility index (Phi) is 6.80. The molecule has 0 spiro atoms. The zero-order valence-corrected chi connectivity index (χ0v) is 19.7. The van der Waals surface area contributed by atoms with Gasteiger partial charge in [0.2, 0.25) is 0 Å². The van der Waals surface area contributed by atoms with E-state index in [0.717, 1.165) is 0 Å². The van der Waals surface area contributed by atoms with E-state index in [9.17, 15) is 19.2 Å². The van der Waals surface area contributed by atoms with E-state index < -0.39 is 17.5 Å². The van der Waals surface area contributed by atoms with Crippen molar-refractivity contribution >= 4 is 40.6 Å². The minimum absolute atomic E-state index is 0.0207. The van der Waals surface area contributed by atoms with Gasteiger partial charge in [0.15, 0.2) is 0 Å². The second-order valence-electron chi connectivity index (χ2n) is 7.73. The number of carbonyl (C=O) groups excluding carboxylic acids is 3. The van der Waals surface area contributed by atoms with Crippen molar-refractivity contribution < 1.29 is 23.9 Å². The fourth-order valence-corrected chi connectivity index (χ4v) is 4.16. The SMILES string of the molecule is COC(=O)c1ccc(Cn2c(C(=O)OC)c(-c3cccc(C=O)c3)c3cc(Cl)ccc3c2=O)cc1. The smallest absolute Gasteiger partial charge is 0.355 e. The summed E-state index contributed by atoms with van der Waals surface area (Å²) in [5, 5.41) is 1.19. The summed E-state index contributed by atoms with van der Waals surface area (Å²) in [6, 6.07) is 18.1. The standard InChI is InChI=1S/C27H20ClNO6/c1-34-26(32)18-8-6-16(7-9-18)14-29-24(27(33)35-2)23(19-5-3-4-17(12-19)15-30)22-13-20(28)10-11-21(22)25(29)31/h3-13,15H,14H2,1-2H3. The molecule has 4 aromatic rings. The van der Waals surface area contributed by atoms with Crippen molar-refractivity contribution in [2.24, 2.45) is 0 Å². The van der Waals surface area contributed by atoms with Crippen molar-refractivity contribution in [2.75, 3.05) is 14.2 Å². The predicted molar refractivity (Wildman–Crippen MR) is 132 cm³/mol. The first-order chi connectivity index (χ1) is 16.9. The molecular weight excluding hydrogens is 470 g/mol. The lowest BCUT2D eigenvalue weighted by atomic mass is 9.95. The van der Waals surface area contributed by atoms with Gasteiger partial charge in [-0.05, 0) is 52.9 Å². The number of aldehydes is 1. The first-order valence-corrected chi connectivity index (χ1v) is 10.9. The summed E-state index contributed by atoms with van der Waals surface area (Å²) < 4.78 is 11.1. The number of nitrogens with zero attached hydrogens (tertiary/aromatic N) is 1. The molecule has 1 heterocycles. The number of hydrogen-bond acceptors (Lipinski definition) is 6. The Balaban J connectivity index is 2.03. The Morgan fingerprint density at radius 2 is 1.63 bits per heavy atom. The second-order valence-corrected chi connectivity index (χ2v) is 8.16. The van der Waals surface area contributed by atoms with Crippen LogP contribution in [0.3, 0.4) is 0 Å². The van der Waals surface area contributed by atoms with E-state index in [1.165, 1.54) is 18.8 Å². The molecule has 0 bridgehead atoms. The van der Waals surface area contributed by atoms with E-state index in [2.05, 4.69) is 0 Å². The largest absolute Gasteiger partial charge is 0.465 e. The molecule has 0 atom stereocenters. The summed E-state index contributed by atoms with van der Waals surface area (Å²) in [5.74, 6) is -1.20. The highest BCUT2D eigenvalue weighted by Crippen LogP contribution is 2.33. The molecule has 0 amide bonds. The average molecular weight is 490 g/mol. The summed E-state index contributed by atoms with van der Waals surface area (Å²) >= 11 is 6.26. The zero-order chi connectivity index (χ0) is 25.1. The van der Waals surface area contributed by atoms with Crippen LogP contribution in [-0.4, -0.2) is 37.0 Å². The molecule has 0 radical (unpaired) electrons. The van der Waals surface area contributed by atoms with Gasteiger partial charge in [-0.1, -0.05) is 41.9 Å². The van der Waals surface area contributed by atoms with E-state index >= 15 is 0 Å². The lowest BCUT2D eigenvalue weighted by molar-refractivity contribution is 0.0584. The van der Waals surface area contributed by atoms with Crippen molar-refractivity contribution in [2.45, 2.75) is 6.54 Å². The molecule has 0 aliphatic rings. The number of ether oxygens (including phenoxy) is 2. The highest BCUT2D eigenvalue weighted by Gasteiger charge is 2.24. The van der Waals surface area contributed by atoms with Crippen molar-refractivity contribution in [3.05, 3.63) is 104 Å². The van der Waals surface area contributed by atoms with E-state index in [-0.39, 0.29) is 12.2 Å². The van der Waals surface area contributed by atoms with Gasteiger partial charge >= 0.3 is 11.9 Å². The molecule has 0 saturated heterocycles. The van der Waals surface area contributed by atoms with Crippen LogP contribution in [0.5, 0.6) is 0 Å². The first kappa shape index (κ1) is 23.9. The number of pyridine rings is 1. The number of benzene rings is 3. The quantitative estimate of drug-likeness (QED) is 0.286. The Morgan fingerprint density at radius 1 is 0.914 bits per heavy atom. The summed E-state index contributed by atoms with van der Waals surface area (Å²) in [6.45, 7) is 0.0314. The maximum absolute atomic E-state index is 13.6. The third-order valence-electron chi connectivity index (χ3n) is 5.64. The molecule has 176 valence electrons. The third kappa shape index (κ3) is 4.58. The number of fused-ring (bicyclic) bond motifs is 1. The van der Waals surface area contributed by atoms with Crippen molar-refractivity contribution in [3.8, 4) is 11.1 Å². The van der Waals surface area contributed by atoms with Gasteiger partial charge in [0.1, 0.15) is 12.0 Å². The molecule has 1 aromatic heterocycles. The summed E-state index contributed by atoms with van der Waals surface area (Å²) in [7, 11) is 2.52. The number of aromatic nitrogens is 1.